The molecule has 0 saturated carbocycles. The van der Waals surface area contributed by atoms with E-state index >= 15 is 0 Å². The van der Waals surface area contributed by atoms with E-state index in [0.29, 0.717) is 0 Å². The molecule has 13 heavy (non-hydrogen) atoms. The van der Waals surface area contributed by atoms with Crippen molar-refractivity contribution in [3.63, 3.8) is 0 Å². The number of methoxy groups -OCH3 is 1. The normalized spacial score (nSPS) is 14.5. The van der Waals surface area contributed by atoms with E-state index in [0.717, 1.165) is 12.2 Å². The van der Waals surface area contributed by atoms with Crippen molar-refractivity contribution in [1.29, 1.82) is 0 Å². The lowest BCUT2D eigenvalue weighted by molar-refractivity contribution is 0.414. The maximum atomic E-state index is 5.25. The van der Waals surface area contributed by atoms with Gasteiger partial charge in [0.05, 0.1) is 7.11 Å². The summed E-state index contributed by atoms with van der Waals surface area (Å²) in [6.45, 7) is 4.55. The molecule has 0 atom stereocenters. The molecule has 0 spiro atoms. The van der Waals surface area contributed by atoms with Crippen molar-refractivity contribution < 1.29 is 4.74 Å². The van der Waals surface area contributed by atoms with Crippen molar-refractivity contribution in [3.05, 3.63) is 23.8 Å². The maximum absolute atomic E-state index is 5.25. The highest BCUT2D eigenvalue weighted by molar-refractivity contribution is 5.57. The number of benzene rings is 1. The summed E-state index contributed by atoms with van der Waals surface area (Å²) < 4.78 is 5.25. The van der Waals surface area contributed by atoms with Crippen LogP contribution in [0.2, 0.25) is 0 Å². The lowest BCUT2D eigenvalue weighted by atomic mass is 10.1. The number of hydrogen-bond acceptors (Lipinski definition) is 2. The van der Waals surface area contributed by atoms with Crippen LogP contribution in [0.1, 0.15) is 12.5 Å². The molecule has 1 fully saturated rings. The van der Waals surface area contributed by atoms with Gasteiger partial charge in [-0.15, -0.1) is 0 Å². The number of aryl methyl sites for hydroxylation is 1. The Bertz CT molecular complexity index is 283. The molecule has 1 aromatic carbocycles. The van der Waals surface area contributed by atoms with Crippen LogP contribution in [0, 0.1) is 0 Å². The van der Waals surface area contributed by atoms with Gasteiger partial charge in [-0.3, -0.25) is 0 Å². The molecule has 70 valence electrons. The van der Waals surface area contributed by atoms with Crippen molar-refractivity contribution in [1.82, 2.24) is 0 Å². The third-order valence-corrected chi connectivity index (χ3v) is 2.41. The molecule has 2 rings (SSSR count). The van der Waals surface area contributed by atoms with Crippen molar-refractivity contribution in [2.75, 3.05) is 25.1 Å². The minimum Gasteiger partial charge on any atom is -0.497 e. The molecule has 0 radical (unpaired) electrons. The molecule has 1 saturated heterocycles. The van der Waals surface area contributed by atoms with Crippen molar-refractivity contribution in [3.8, 4) is 5.75 Å². The summed E-state index contributed by atoms with van der Waals surface area (Å²) in [5.74, 6) is 0.973. The predicted molar refractivity (Wildman–Crippen MR) is 54.6 cm³/mol. The summed E-state index contributed by atoms with van der Waals surface area (Å²) in [4.78, 5) is 2.34. The zero-order valence-electron chi connectivity index (χ0n) is 8.21. The largest absolute Gasteiger partial charge is 0.497 e. The fourth-order valence-corrected chi connectivity index (χ4v) is 1.46. The van der Waals surface area contributed by atoms with E-state index in [9.17, 15) is 0 Å². The summed E-state index contributed by atoms with van der Waals surface area (Å²) in [5.41, 5.74) is 2.65. The van der Waals surface area contributed by atoms with Gasteiger partial charge in [-0.25, -0.2) is 0 Å². The molecule has 1 heterocycles. The van der Waals surface area contributed by atoms with E-state index in [4.69, 9.17) is 4.74 Å². The van der Waals surface area contributed by atoms with Gasteiger partial charge < -0.3 is 9.64 Å². The Balaban J connectivity index is 2.33. The van der Waals surface area contributed by atoms with Gasteiger partial charge in [-0.2, -0.15) is 0 Å². The molecule has 1 aliphatic heterocycles. The van der Waals surface area contributed by atoms with Gasteiger partial charge in [0.1, 0.15) is 5.75 Å². The number of rotatable bonds is 3. The third-order valence-electron chi connectivity index (χ3n) is 2.41. The standard InChI is InChI=1S/C11H15NO/c1-3-9-6-10(12-4-5-12)8-11(7-9)13-2/h6-8H,3-5H2,1-2H3. The predicted octanol–water partition coefficient (Wildman–Crippen LogP) is 2.08. The smallest absolute Gasteiger partial charge is 0.121 e. The number of nitrogens with zero attached hydrogens (tertiary/aromatic N) is 1. The molecular formula is C11H15NO. The van der Waals surface area contributed by atoms with E-state index in [1.807, 2.05) is 0 Å². The average Bonchev–Trinajstić information content (AvgIpc) is 3.00. The molecule has 0 N–H and O–H groups in total. The Morgan fingerprint density at radius 3 is 2.62 bits per heavy atom. The lowest BCUT2D eigenvalue weighted by Crippen LogP contribution is -1.94. The number of hydrogen-bond donors (Lipinski definition) is 0. The lowest BCUT2D eigenvalue weighted by Gasteiger charge is -2.08. The Morgan fingerprint density at radius 1 is 1.31 bits per heavy atom. The van der Waals surface area contributed by atoms with Crippen LogP contribution in [0.15, 0.2) is 18.2 Å². The van der Waals surface area contributed by atoms with Gasteiger partial charge in [-0.05, 0) is 24.1 Å². The monoisotopic (exact) mass is 177 g/mol. The maximum Gasteiger partial charge on any atom is 0.121 e. The highest BCUT2D eigenvalue weighted by atomic mass is 16.5. The first-order chi connectivity index (χ1) is 6.33. The fraction of sp³-hybridized carbons (Fsp3) is 0.455. The molecule has 0 aromatic heterocycles. The average molecular weight is 177 g/mol. The summed E-state index contributed by atoms with van der Waals surface area (Å²) >= 11 is 0. The second-order valence-corrected chi connectivity index (χ2v) is 3.38. The highest BCUT2D eigenvalue weighted by Gasteiger charge is 2.18. The molecule has 2 heteroatoms. The summed E-state index contributed by atoms with van der Waals surface area (Å²) in [6, 6.07) is 6.45. The second-order valence-electron chi connectivity index (χ2n) is 3.38. The Kier molecular flexibility index (Phi) is 2.13. The van der Waals surface area contributed by atoms with Crippen LogP contribution < -0.4 is 9.64 Å². The van der Waals surface area contributed by atoms with Crippen molar-refractivity contribution in [2.45, 2.75) is 13.3 Å². The number of ether oxygens (including phenoxy) is 1. The molecule has 1 aromatic rings. The van der Waals surface area contributed by atoms with Gasteiger partial charge in [0.2, 0.25) is 0 Å². The van der Waals surface area contributed by atoms with Crippen LogP contribution >= 0.6 is 0 Å². The molecule has 1 aliphatic rings. The summed E-state index contributed by atoms with van der Waals surface area (Å²) in [6.07, 6.45) is 1.07. The molecule has 0 aliphatic carbocycles. The molecule has 0 unspecified atom stereocenters. The van der Waals surface area contributed by atoms with Crippen LogP contribution in [0.25, 0.3) is 0 Å². The second kappa shape index (κ2) is 3.29. The van der Waals surface area contributed by atoms with Gasteiger partial charge >= 0.3 is 0 Å². The topological polar surface area (TPSA) is 12.2 Å². The van der Waals surface area contributed by atoms with Crippen LogP contribution in [0.4, 0.5) is 5.69 Å². The van der Waals surface area contributed by atoms with E-state index in [-0.39, 0.29) is 0 Å². The molecular weight excluding hydrogens is 162 g/mol. The molecule has 0 amide bonds. The van der Waals surface area contributed by atoms with Crippen LogP contribution in [-0.2, 0) is 6.42 Å². The van der Waals surface area contributed by atoms with Crippen LogP contribution in [0.5, 0.6) is 5.75 Å². The van der Waals surface area contributed by atoms with Gasteiger partial charge in [0, 0.05) is 24.8 Å². The number of anilines is 1. The van der Waals surface area contributed by atoms with E-state index in [1.165, 1.54) is 24.3 Å². The van der Waals surface area contributed by atoms with Crippen LogP contribution in [0.3, 0.4) is 0 Å². The third kappa shape index (κ3) is 1.77. The zero-order valence-corrected chi connectivity index (χ0v) is 8.21. The zero-order chi connectivity index (χ0) is 9.26. The Hall–Kier alpha value is -1.18. The van der Waals surface area contributed by atoms with Gasteiger partial charge in [0.25, 0.3) is 0 Å². The van der Waals surface area contributed by atoms with E-state index in [1.54, 1.807) is 7.11 Å². The quantitative estimate of drug-likeness (QED) is 0.655. The van der Waals surface area contributed by atoms with Crippen LogP contribution in [-0.4, -0.2) is 20.2 Å². The fourth-order valence-electron chi connectivity index (χ4n) is 1.46. The summed E-state index contributed by atoms with van der Waals surface area (Å²) in [5, 5.41) is 0. The molecule has 0 bridgehead atoms. The van der Waals surface area contributed by atoms with Gasteiger partial charge in [-0.1, -0.05) is 6.92 Å². The minimum atomic E-state index is 0.973. The van der Waals surface area contributed by atoms with E-state index in [2.05, 4.69) is 30.0 Å². The van der Waals surface area contributed by atoms with Crippen molar-refractivity contribution >= 4 is 5.69 Å². The summed E-state index contributed by atoms with van der Waals surface area (Å²) in [7, 11) is 1.72. The Labute approximate surface area is 79.1 Å². The van der Waals surface area contributed by atoms with Crippen molar-refractivity contribution in [2.24, 2.45) is 0 Å². The molecule has 2 nitrogen and oxygen atoms in total. The Morgan fingerprint density at radius 2 is 2.08 bits per heavy atom. The van der Waals surface area contributed by atoms with Gasteiger partial charge in [0.15, 0.2) is 0 Å². The first kappa shape index (κ1) is 8.42. The highest BCUT2D eigenvalue weighted by Crippen LogP contribution is 2.27. The first-order valence-corrected chi connectivity index (χ1v) is 4.76. The minimum absolute atomic E-state index is 0.973. The SMILES string of the molecule is CCc1cc(OC)cc(N2CC2)c1. The first-order valence-electron chi connectivity index (χ1n) is 4.76. The van der Waals surface area contributed by atoms with E-state index < -0.39 is 0 Å².